The zero-order valence-electron chi connectivity index (χ0n) is 12.0. The van der Waals surface area contributed by atoms with Gasteiger partial charge in [0.1, 0.15) is 11.8 Å². The average molecular weight is 303 g/mol. The first kappa shape index (κ1) is 13.5. The minimum Gasteiger partial charge on any atom is -0.481 e. The number of nitrogens with zero attached hydrogens (tertiary/aromatic N) is 1. The lowest BCUT2D eigenvalue weighted by Crippen LogP contribution is -2.37. The van der Waals surface area contributed by atoms with Gasteiger partial charge >= 0.3 is 5.97 Å². The summed E-state index contributed by atoms with van der Waals surface area (Å²) in [5.41, 5.74) is 0. The average Bonchev–Trinajstić information content (AvgIpc) is 3.22. The molecule has 0 aromatic carbocycles. The number of imide groups is 1. The van der Waals surface area contributed by atoms with Crippen molar-refractivity contribution >= 4 is 17.8 Å². The van der Waals surface area contributed by atoms with Crippen LogP contribution in [0.15, 0.2) is 22.8 Å². The molecule has 0 radical (unpaired) electrons. The minimum absolute atomic E-state index is 0.204. The predicted molar refractivity (Wildman–Crippen MR) is 73.4 cm³/mol. The van der Waals surface area contributed by atoms with Crippen LogP contribution < -0.4 is 0 Å². The summed E-state index contributed by atoms with van der Waals surface area (Å²) in [7, 11) is 0. The number of amides is 2. The lowest BCUT2D eigenvalue weighted by molar-refractivity contribution is -0.147. The molecule has 1 N–H and O–H groups in total. The smallest absolute Gasteiger partial charge is 0.305 e. The van der Waals surface area contributed by atoms with Crippen LogP contribution in [0.1, 0.15) is 37.5 Å². The molecule has 5 atom stereocenters. The van der Waals surface area contributed by atoms with E-state index in [0.717, 1.165) is 19.3 Å². The first-order chi connectivity index (χ1) is 10.6. The molecule has 22 heavy (non-hydrogen) atoms. The molecule has 2 bridgehead atoms. The van der Waals surface area contributed by atoms with Crippen molar-refractivity contribution < 1.29 is 23.9 Å². The number of fused-ring (bicyclic) bond motifs is 5. The van der Waals surface area contributed by atoms with E-state index in [0.29, 0.717) is 17.6 Å². The van der Waals surface area contributed by atoms with Crippen LogP contribution in [0.4, 0.5) is 0 Å². The van der Waals surface area contributed by atoms with Crippen molar-refractivity contribution in [1.29, 1.82) is 0 Å². The molecule has 1 saturated heterocycles. The molecule has 2 amide bonds. The van der Waals surface area contributed by atoms with Gasteiger partial charge in [-0.25, -0.2) is 0 Å². The Morgan fingerprint density at radius 2 is 1.91 bits per heavy atom. The van der Waals surface area contributed by atoms with Crippen LogP contribution in [-0.4, -0.2) is 27.8 Å². The van der Waals surface area contributed by atoms with Crippen LogP contribution >= 0.6 is 0 Å². The monoisotopic (exact) mass is 303 g/mol. The number of aliphatic carboxylic acids is 1. The van der Waals surface area contributed by atoms with Crippen LogP contribution in [0.3, 0.4) is 0 Å². The lowest BCUT2D eigenvalue weighted by Gasteiger charge is -2.25. The van der Waals surface area contributed by atoms with E-state index in [4.69, 9.17) is 9.52 Å². The van der Waals surface area contributed by atoms with Gasteiger partial charge in [0.15, 0.2) is 0 Å². The van der Waals surface area contributed by atoms with Crippen molar-refractivity contribution in [1.82, 2.24) is 4.90 Å². The third-order valence-electron chi connectivity index (χ3n) is 5.51. The number of carbonyl (C=O) groups excluding carboxylic acids is 2. The van der Waals surface area contributed by atoms with E-state index in [9.17, 15) is 14.4 Å². The molecule has 3 aliphatic rings. The van der Waals surface area contributed by atoms with Gasteiger partial charge in [-0.3, -0.25) is 19.3 Å². The number of carbonyl (C=O) groups is 3. The summed E-state index contributed by atoms with van der Waals surface area (Å²) in [5, 5.41) is 9.14. The SMILES string of the molecule is O=C(O)C[C@H](c1ccco1)N1C(=O)[C@@H]2[C@H]3CC[C@@H](C3)[C@@H]2C1=O. The third-order valence-corrected chi connectivity index (χ3v) is 5.51. The van der Waals surface area contributed by atoms with E-state index >= 15 is 0 Å². The fourth-order valence-corrected chi connectivity index (χ4v) is 4.70. The number of likely N-dealkylation sites (tertiary alicyclic amines) is 1. The van der Waals surface area contributed by atoms with E-state index in [1.54, 1.807) is 12.1 Å². The summed E-state index contributed by atoms with van der Waals surface area (Å²) >= 11 is 0. The Morgan fingerprint density at radius 3 is 2.41 bits per heavy atom. The Labute approximate surface area is 127 Å². The van der Waals surface area contributed by atoms with Gasteiger partial charge in [0, 0.05) is 0 Å². The Morgan fingerprint density at radius 1 is 1.27 bits per heavy atom. The summed E-state index contributed by atoms with van der Waals surface area (Å²) in [6.45, 7) is 0. The van der Waals surface area contributed by atoms with Gasteiger partial charge in [-0.2, -0.15) is 0 Å². The molecule has 0 spiro atoms. The molecule has 1 aromatic rings. The Balaban J connectivity index is 1.70. The molecule has 6 nitrogen and oxygen atoms in total. The summed E-state index contributed by atoms with van der Waals surface area (Å²) < 4.78 is 5.29. The molecule has 6 heteroatoms. The highest BCUT2D eigenvalue weighted by atomic mass is 16.4. The second-order valence-electron chi connectivity index (χ2n) is 6.56. The number of carboxylic acids is 1. The second-order valence-corrected chi connectivity index (χ2v) is 6.56. The fourth-order valence-electron chi connectivity index (χ4n) is 4.70. The number of rotatable bonds is 4. The van der Waals surface area contributed by atoms with Gasteiger partial charge in [-0.05, 0) is 43.2 Å². The molecule has 3 fully saturated rings. The topological polar surface area (TPSA) is 87.8 Å². The minimum atomic E-state index is -1.05. The maximum Gasteiger partial charge on any atom is 0.305 e. The summed E-state index contributed by atoms with van der Waals surface area (Å²) in [6.07, 6.45) is 4.08. The fraction of sp³-hybridized carbons (Fsp3) is 0.562. The quantitative estimate of drug-likeness (QED) is 0.857. The Hall–Kier alpha value is -2.11. The maximum absolute atomic E-state index is 12.8. The van der Waals surface area contributed by atoms with Crippen LogP contribution in [0.2, 0.25) is 0 Å². The van der Waals surface area contributed by atoms with E-state index in [-0.39, 0.29) is 30.1 Å². The third kappa shape index (κ3) is 1.76. The van der Waals surface area contributed by atoms with Crippen LogP contribution in [0.25, 0.3) is 0 Å². The highest BCUT2D eigenvalue weighted by Crippen LogP contribution is 2.57. The van der Waals surface area contributed by atoms with Gasteiger partial charge in [0.25, 0.3) is 0 Å². The lowest BCUT2D eigenvalue weighted by atomic mass is 9.81. The van der Waals surface area contributed by atoms with Gasteiger partial charge in [-0.1, -0.05) is 0 Å². The maximum atomic E-state index is 12.8. The summed E-state index contributed by atoms with van der Waals surface area (Å²) in [4.78, 5) is 37.9. The molecule has 116 valence electrons. The standard InChI is InChI=1S/C16H17NO5/c18-12(19)7-10(11-2-1-5-22-11)17-15(20)13-8-3-4-9(6-8)14(13)16(17)21/h1-2,5,8-10,13-14H,3-4,6-7H2,(H,18,19)/t8-,9-,10+,13-,14+/m0/s1. The molecular weight excluding hydrogens is 286 g/mol. The van der Waals surface area contributed by atoms with Crippen molar-refractivity contribution in [2.45, 2.75) is 31.7 Å². The summed E-state index contributed by atoms with van der Waals surface area (Å²) in [6, 6.07) is 2.42. The van der Waals surface area contributed by atoms with E-state index in [1.807, 2.05) is 0 Å². The number of hydrogen-bond acceptors (Lipinski definition) is 4. The molecule has 4 rings (SSSR count). The van der Waals surface area contributed by atoms with Gasteiger partial charge in [-0.15, -0.1) is 0 Å². The molecule has 1 aromatic heterocycles. The molecule has 2 aliphatic carbocycles. The number of carboxylic acid groups (broad SMARTS) is 1. The van der Waals surface area contributed by atoms with Gasteiger partial charge in [0.05, 0.1) is 24.5 Å². The second kappa shape index (κ2) is 4.69. The molecular formula is C16H17NO5. The van der Waals surface area contributed by atoms with Crippen molar-refractivity contribution in [3.05, 3.63) is 24.2 Å². The highest BCUT2D eigenvalue weighted by molar-refractivity contribution is 6.06. The normalized spacial score (nSPS) is 34.3. The summed E-state index contributed by atoms with van der Waals surface area (Å²) in [5.74, 6) is -1.000. The largest absolute Gasteiger partial charge is 0.481 e. The number of hydrogen-bond donors (Lipinski definition) is 1. The van der Waals surface area contributed by atoms with E-state index < -0.39 is 12.0 Å². The Kier molecular flexibility index (Phi) is 2.89. The number of furan rings is 1. The van der Waals surface area contributed by atoms with Gasteiger partial charge in [0.2, 0.25) is 11.8 Å². The Bertz CT molecular complexity index is 609. The van der Waals surface area contributed by atoms with Crippen LogP contribution in [0.5, 0.6) is 0 Å². The van der Waals surface area contributed by atoms with Crippen LogP contribution in [0, 0.1) is 23.7 Å². The predicted octanol–water partition coefficient (Wildman–Crippen LogP) is 1.83. The first-order valence-corrected chi connectivity index (χ1v) is 7.70. The molecule has 0 unspecified atom stereocenters. The van der Waals surface area contributed by atoms with E-state index in [1.165, 1.54) is 11.2 Å². The zero-order chi connectivity index (χ0) is 15.4. The molecule has 1 aliphatic heterocycles. The molecule has 2 heterocycles. The van der Waals surface area contributed by atoms with Crippen molar-refractivity contribution in [2.24, 2.45) is 23.7 Å². The first-order valence-electron chi connectivity index (χ1n) is 7.70. The van der Waals surface area contributed by atoms with Gasteiger partial charge < -0.3 is 9.52 Å². The highest BCUT2D eigenvalue weighted by Gasteiger charge is 2.62. The van der Waals surface area contributed by atoms with E-state index in [2.05, 4.69) is 0 Å². The van der Waals surface area contributed by atoms with Crippen molar-refractivity contribution in [2.75, 3.05) is 0 Å². The van der Waals surface area contributed by atoms with Crippen LogP contribution in [-0.2, 0) is 14.4 Å². The van der Waals surface area contributed by atoms with Crippen molar-refractivity contribution in [3.63, 3.8) is 0 Å². The van der Waals surface area contributed by atoms with Crippen molar-refractivity contribution in [3.8, 4) is 0 Å². The molecule has 2 saturated carbocycles. The zero-order valence-corrected chi connectivity index (χ0v) is 12.0.